The number of nitrogens with two attached hydrogens (primary N) is 2. The molecule has 58 valence electrons. The lowest BCUT2D eigenvalue weighted by Crippen LogP contribution is -2.14. The molecule has 0 aromatic rings. The van der Waals surface area contributed by atoms with Crippen LogP contribution in [-0.4, -0.2) is 12.6 Å². The minimum atomic E-state index is 0. The highest BCUT2D eigenvalue weighted by Gasteiger charge is 1.90. The second-order valence-electron chi connectivity index (χ2n) is 2.26. The van der Waals surface area contributed by atoms with Gasteiger partial charge in [0.15, 0.2) is 0 Å². The molecule has 0 aromatic heterocycles. The van der Waals surface area contributed by atoms with E-state index in [4.69, 9.17) is 11.5 Å². The molecule has 1 unspecified atom stereocenters. The highest BCUT2D eigenvalue weighted by atomic mass is 14.6. The minimum absolute atomic E-state index is 0. The molecule has 0 radical (unpaired) electrons. The van der Waals surface area contributed by atoms with Gasteiger partial charge in [-0.1, -0.05) is 6.42 Å². The molecule has 0 saturated carbocycles. The van der Waals surface area contributed by atoms with Gasteiger partial charge in [0, 0.05) is 6.04 Å². The Morgan fingerprint density at radius 2 is 1.89 bits per heavy atom. The van der Waals surface area contributed by atoms with E-state index < -0.39 is 0 Å². The first-order chi connectivity index (χ1) is 3.77. The molecule has 0 aromatic carbocycles. The summed E-state index contributed by atoms with van der Waals surface area (Å²) in [6, 6.07) is 0.349. The van der Waals surface area contributed by atoms with E-state index in [1.165, 1.54) is 6.42 Å². The minimum Gasteiger partial charge on any atom is -0.344 e. The molecule has 0 saturated heterocycles. The lowest BCUT2D eigenvalue weighted by Gasteiger charge is -2.01. The molecule has 0 fully saturated rings. The van der Waals surface area contributed by atoms with Gasteiger partial charge in [-0.15, -0.1) is 0 Å². The van der Waals surface area contributed by atoms with Crippen LogP contribution in [0, 0.1) is 0 Å². The van der Waals surface area contributed by atoms with E-state index in [2.05, 4.69) is 0 Å². The van der Waals surface area contributed by atoms with E-state index in [0.717, 1.165) is 19.4 Å². The van der Waals surface area contributed by atoms with Crippen molar-refractivity contribution in [3.63, 3.8) is 0 Å². The molecule has 0 rings (SSSR count). The predicted octanol–water partition coefficient (Wildman–Crippen LogP) is 0.625. The van der Waals surface area contributed by atoms with Gasteiger partial charge in [0.1, 0.15) is 0 Å². The van der Waals surface area contributed by atoms with Crippen molar-refractivity contribution in [3.8, 4) is 0 Å². The van der Waals surface area contributed by atoms with Crippen molar-refractivity contribution in [3.05, 3.63) is 0 Å². The quantitative estimate of drug-likeness (QED) is 0.491. The van der Waals surface area contributed by atoms with Gasteiger partial charge in [-0.05, 0) is 26.3 Å². The lowest BCUT2D eigenvalue weighted by atomic mass is 10.1. The molecule has 3 nitrogen and oxygen atoms in total. The van der Waals surface area contributed by atoms with Gasteiger partial charge in [-0.2, -0.15) is 0 Å². The third kappa shape index (κ3) is 11.4. The van der Waals surface area contributed by atoms with E-state index in [1.54, 1.807) is 0 Å². The van der Waals surface area contributed by atoms with Gasteiger partial charge in [0.25, 0.3) is 0 Å². The molecule has 7 N–H and O–H groups in total. The summed E-state index contributed by atoms with van der Waals surface area (Å²) in [6.07, 6.45) is 3.40. The zero-order valence-corrected chi connectivity index (χ0v) is 6.27. The largest absolute Gasteiger partial charge is 0.344 e. The molecule has 0 aliphatic heterocycles. The highest BCUT2D eigenvalue weighted by Crippen LogP contribution is 1.95. The Kier molecular flexibility index (Phi) is 10.2. The van der Waals surface area contributed by atoms with E-state index in [0.29, 0.717) is 6.04 Å². The van der Waals surface area contributed by atoms with Crippen molar-refractivity contribution >= 4 is 0 Å². The second-order valence-corrected chi connectivity index (χ2v) is 2.26. The molecule has 0 spiro atoms. The first-order valence-electron chi connectivity index (χ1n) is 3.23. The van der Waals surface area contributed by atoms with Crippen LogP contribution in [0.1, 0.15) is 26.2 Å². The van der Waals surface area contributed by atoms with Crippen molar-refractivity contribution in [1.82, 2.24) is 6.15 Å². The summed E-state index contributed by atoms with van der Waals surface area (Å²) < 4.78 is 0. The maximum absolute atomic E-state index is 5.49. The number of unbranched alkanes of at least 4 members (excludes halogenated alkanes) is 1. The van der Waals surface area contributed by atoms with Gasteiger partial charge >= 0.3 is 0 Å². The summed E-state index contributed by atoms with van der Waals surface area (Å²) in [5.74, 6) is 0. The van der Waals surface area contributed by atoms with Crippen LogP contribution < -0.4 is 17.6 Å². The monoisotopic (exact) mass is 133 g/mol. The smallest absolute Gasteiger partial charge is 0.00104 e. The molecular formula is C6H19N3. The first-order valence-corrected chi connectivity index (χ1v) is 3.23. The van der Waals surface area contributed by atoms with Crippen molar-refractivity contribution in [2.45, 2.75) is 32.2 Å². The van der Waals surface area contributed by atoms with Crippen LogP contribution in [0.3, 0.4) is 0 Å². The van der Waals surface area contributed by atoms with Gasteiger partial charge < -0.3 is 17.6 Å². The van der Waals surface area contributed by atoms with Crippen LogP contribution in [0.4, 0.5) is 0 Å². The van der Waals surface area contributed by atoms with Crippen LogP contribution in [0.15, 0.2) is 0 Å². The average Bonchev–Trinajstić information content (AvgIpc) is 1.66. The fourth-order valence-electron chi connectivity index (χ4n) is 0.611. The first kappa shape index (κ1) is 11.6. The van der Waals surface area contributed by atoms with Crippen molar-refractivity contribution < 1.29 is 0 Å². The van der Waals surface area contributed by atoms with E-state index in [-0.39, 0.29) is 6.15 Å². The Hall–Kier alpha value is -0.120. The standard InChI is InChI=1S/C6H16N2.H3N/c1-6(8)4-2-3-5-7;/h6H,2-5,7-8H2,1H3;1H3. The van der Waals surface area contributed by atoms with Crippen LogP contribution in [0.2, 0.25) is 0 Å². The number of rotatable bonds is 4. The molecule has 1 atom stereocenters. The van der Waals surface area contributed by atoms with Crippen LogP contribution >= 0.6 is 0 Å². The molecule has 0 amide bonds. The van der Waals surface area contributed by atoms with Crippen molar-refractivity contribution in [1.29, 1.82) is 0 Å². The molecule has 0 heterocycles. The van der Waals surface area contributed by atoms with Crippen LogP contribution in [0.25, 0.3) is 0 Å². The Labute approximate surface area is 57.4 Å². The fraction of sp³-hybridized carbons (Fsp3) is 1.00. The summed E-state index contributed by atoms with van der Waals surface area (Å²) in [6.45, 7) is 2.82. The Morgan fingerprint density at radius 1 is 1.33 bits per heavy atom. The zero-order chi connectivity index (χ0) is 6.41. The highest BCUT2D eigenvalue weighted by molar-refractivity contribution is 4.52. The predicted molar refractivity (Wildman–Crippen MR) is 41.6 cm³/mol. The van der Waals surface area contributed by atoms with Gasteiger partial charge in [-0.3, -0.25) is 0 Å². The SMILES string of the molecule is CC(N)CCCCN.N. The Balaban J connectivity index is 0. The van der Waals surface area contributed by atoms with Gasteiger partial charge in [0.05, 0.1) is 0 Å². The normalized spacial score (nSPS) is 12.3. The van der Waals surface area contributed by atoms with E-state index in [1.807, 2.05) is 6.92 Å². The van der Waals surface area contributed by atoms with Gasteiger partial charge in [0.2, 0.25) is 0 Å². The molecule has 9 heavy (non-hydrogen) atoms. The summed E-state index contributed by atoms with van der Waals surface area (Å²) >= 11 is 0. The lowest BCUT2D eigenvalue weighted by molar-refractivity contribution is 0.602. The summed E-state index contributed by atoms with van der Waals surface area (Å²) in [5, 5.41) is 0. The van der Waals surface area contributed by atoms with Crippen molar-refractivity contribution in [2.24, 2.45) is 11.5 Å². The van der Waals surface area contributed by atoms with Crippen LogP contribution in [0.5, 0.6) is 0 Å². The van der Waals surface area contributed by atoms with E-state index >= 15 is 0 Å². The maximum atomic E-state index is 5.49. The molecule has 0 aliphatic carbocycles. The maximum Gasteiger partial charge on any atom is 0.00104 e. The fourth-order valence-corrected chi connectivity index (χ4v) is 0.611. The molecular weight excluding hydrogens is 114 g/mol. The van der Waals surface area contributed by atoms with E-state index in [9.17, 15) is 0 Å². The Bertz CT molecular complexity index is 45.6. The summed E-state index contributed by atoms with van der Waals surface area (Å²) in [5.41, 5.74) is 10.8. The molecule has 0 aliphatic rings. The third-order valence-corrected chi connectivity index (χ3v) is 1.11. The van der Waals surface area contributed by atoms with Crippen molar-refractivity contribution in [2.75, 3.05) is 6.54 Å². The third-order valence-electron chi connectivity index (χ3n) is 1.11. The zero-order valence-electron chi connectivity index (χ0n) is 6.27. The molecule has 0 bridgehead atoms. The number of hydrogen-bond acceptors (Lipinski definition) is 3. The topological polar surface area (TPSA) is 87.0 Å². The van der Waals surface area contributed by atoms with Gasteiger partial charge in [-0.25, -0.2) is 0 Å². The summed E-state index contributed by atoms with van der Waals surface area (Å²) in [4.78, 5) is 0. The van der Waals surface area contributed by atoms with Crippen LogP contribution in [-0.2, 0) is 0 Å². The number of hydrogen-bond donors (Lipinski definition) is 3. The molecule has 3 heteroatoms. The second kappa shape index (κ2) is 7.88. The Morgan fingerprint density at radius 3 is 2.22 bits per heavy atom. The summed E-state index contributed by atoms with van der Waals surface area (Å²) in [7, 11) is 0. The average molecular weight is 133 g/mol.